The minimum Gasteiger partial charge on any atom is -0.455 e. The summed E-state index contributed by atoms with van der Waals surface area (Å²) in [5.41, 5.74) is 10.5. The van der Waals surface area contributed by atoms with E-state index in [1.165, 1.54) is 81.7 Å². The molecule has 2 heterocycles. The van der Waals surface area contributed by atoms with E-state index in [1.54, 1.807) is 0 Å². The molecule has 0 radical (unpaired) electrons. The van der Waals surface area contributed by atoms with Crippen molar-refractivity contribution in [3.8, 4) is 33.4 Å². The summed E-state index contributed by atoms with van der Waals surface area (Å²) < 4.78 is 13.4. The second-order valence-corrected chi connectivity index (χ2v) is 15.5. The van der Waals surface area contributed by atoms with E-state index in [0.717, 1.165) is 49.4 Å². The fourth-order valence-electron chi connectivity index (χ4n) is 9.90. The summed E-state index contributed by atoms with van der Waals surface area (Å²) >= 11 is 0. The number of benzene rings is 11. The maximum Gasteiger partial charge on any atom is 0.147 e. The lowest BCUT2D eigenvalue weighted by Gasteiger charge is -2.18. The maximum atomic E-state index is 6.82. The Bertz CT molecular complexity index is 3750. The van der Waals surface area contributed by atoms with E-state index >= 15 is 0 Å². The number of para-hydroxylation sites is 2. The number of fused-ring (bicyclic) bond motifs is 15. The topological polar surface area (TPSA) is 26.3 Å². The minimum atomic E-state index is 0.844. The van der Waals surface area contributed by atoms with E-state index in [1.807, 2.05) is 12.1 Å². The molecule has 0 spiro atoms. The normalized spacial score (nSPS) is 12.1. The van der Waals surface area contributed by atoms with Crippen LogP contribution in [0.5, 0.6) is 0 Å². The zero-order valence-electron chi connectivity index (χ0n) is 31.3. The Kier molecular flexibility index (Phi) is 6.47. The Labute approximate surface area is 332 Å². The molecule has 268 valence electrons. The number of furan rings is 2. The number of rotatable bonds is 3. The van der Waals surface area contributed by atoms with Gasteiger partial charge in [-0.15, -0.1) is 0 Å². The molecule has 13 aromatic rings. The average Bonchev–Trinajstić information content (AvgIpc) is 3.87. The van der Waals surface area contributed by atoms with Crippen molar-refractivity contribution in [3.05, 3.63) is 194 Å². The van der Waals surface area contributed by atoms with E-state index < -0.39 is 0 Å². The molecule has 0 aliphatic carbocycles. The Morgan fingerprint density at radius 2 is 0.655 bits per heavy atom. The first-order valence-corrected chi connectivity index (χ1v) is 19.9. The summed E-state index contributed by atoms with van der Waals surface area (Å²) in [6.45, 7) is 0. The lowest BCUT2D eigenvalue weighted by Crippen LogP contribution is -1.91. The third kappa shape index (κ3) is 4.37. The molecule has 0 amide bonds. The van der Waals surface area contributed by atoms with Crippen LogP contribution in [0, 0.1) is 0 Å². The first-order chi connectivity index (χ1) is 28.8. The molecule has 2 heteroatoms. The molecule has 0 aliphatic heterocycles. The molecule has 0 atom stereocenters. The fraction of sp³-hybridized carbons (Fsp3) is 0. The Morgan fingerprint density at radius 3 is 1.26 bits per heavy atom. The Balaban J connectivity index is 1.03. The predicted molar refractivity (Wildman–Crippen MR) is 245 cm³/mol. The average molecular weight is 737 g/mol. The van der Waals surface area contributed by atoms with Crippen LogP contribution < -0.4 is 0 Å². The smallest absolute Gasteiger partial charge is 0.147 e. The molecule has 2 aromatic heterocycles. The Morgan fingerprint density at radius 1 is 0.241 bits per heavy atom. The van der Waals surface area contributed by atoms with E-state index in [2.05, 4.69) is 182 Å². The summed E-state index contributed by atoms with van der Waals surface area (Å²) in [5.74, 6) is 0. The van der Waals surface area contributed by atoms with Gasteiger partial charge in [-0.05, 0) is 100 Å². The summed E-state index contributed by atoms with van der Waals surface area (Å²) in [6, 6.07) is 70.3. The summed E-state index contributed by atoms with van der Waals surface area (Å²) in [5, 5.41) is 16.8. The van der Waals surface area contributed by atoms with Gasteiger partial charge in [0.1, 0.15) is 22.3 Å². The number of hydrogen-bond donors (Lipinski definition) is 0. The van der Waals surface area contributed by atoms with Crippen LogP contribution in [0.1, 0.15) is 0 Å². The molecular formula is C56H32O2. The molecule has 0 unspecified atom stereocenters. The van der Waals surface area contributed by atoms with Crippen molar-refractivity contribution in [1.82, 2.24) is 0 Å². The van der Waals surface area contributed by atoms with E-state index in [9.17, 15) is 0 Å². The molecule has 0 bridgehead atoms. The lowest BCUT2D eigenvalue weighted by molar-refractivity contribution is 0.663. The van der Waals surface area contributed by atoms with Gasteiger partial charge in [0.15, 0.2) is 0 Å². The zero-order chi connectivity index (χ0) is 37.9. The molecule has 58 heavy (non-hydrogen) atoms. The lowest BCUT2D eigenvalue weighted by atomic mass is 9.85. The predicted octanol–water partition coefficient (Wildman–Crippen LogP) is 16.3. The van der Waals surface area contributed by atoms with Crippen LogP contribution >= 0.6 is 0 Å². The maximum absolute atomic E-state index is 6.82. The van der Waals surface area contributed by atoms with Gasteiger partial charge in [-0.1, -0.05) is 170 Å². The third-order valence-corrected chi connectivity index (χ3v) is 12.4. The zero-order valence-corrected chi connectivity index (χ0v) is 31.3. The van der Waals surface area contributed by atoms with Crippen molar-refractivity contribution in [3.63, 3.8) is 0 Å². The van der Waals surface area contributed by atoms with Gasteiger partial charge in [-0.3, -0.25) is 0 Å². The van der Waals surface area contributed by atoms with Crippen LogP contribution in [0.4, 0.5) is 0 Å². The fourth-order valence-corrected chi connectivity index (χ4v) is 9.90. The van der Waals surface area contributed by atoms with Crippen LogP contribution in [0.2, 0.25) is 0 Å². The van der Waals surface area contributed by atoms with Gasteiger partial charge in [0.25, 0.3) is 0 Å². The highest BCUT2D eigenvalue weighted by Gasteiger charge is 2.24. The Hall–Kier alpha value is -7.68. The first kappa shape index (κ1) is 31.5. The van der Waals surface area contributed by atoms with Crippen molar-refractivity contribution < 1.29 is 8.83 Å². The molecule has 0 fully saturated rings. The molecule has 13 rings (SSSR count). The van der Waals surface area contributed by atoms with Crippen LogP contribution in [-0.4, -0.2) is 0 Å². The second-order valence-electron chi connectivity index (χ2n) is 15.5. The van der Waals surface area contributed by atoms with Crippen LogP contribution in [0.3, 0.4) is 0 Å². The summed E-state index contributed by atoms with van der Waals surface area (Å²) in [7, 11) is 0. The van der Waals surface area contributed by atoms with Gasteiger partial charge in [0, 0.05) is 27.3 Å². The standard InChI is InChI=1S/C56H32O2/c1-2-15-38-36(13-1)37-14-3-4-16-39(37)47-31-35(29-30-40(38)47)33-25-27-34(28-26-33)52-42-18-5-7-20-44(42)53(45-21-8-6-19-43(45)52)49-32-48-41-17-9-11-23-50(41)57-55(48)54-46-22-10-12-24-51(46)58-56(49)54/h1-32H. The minimum absolute atomic E-state index is 0.844. The van der Waals surface area contributed by atoms with E-state index in [0.29, 0.717) is 0 Å². The van der Waals surface area contributed by atoms with Crippen molar-refractivity contribution in [2.75, 3.05) is 0 Å². The molecule has 0 saturated carbocycles. The third-order valence-electron chi connectivity index (χ3n) is 12.4. The van der Waals surface area contributed by atoms with E-state index in [4.69, 9.17) is 8.83 Å². The monoisotopic (exact) mass is 736 g/mol. The van der Waals surface area contributed by atoms with Crippen molar-refractivity contribution in [2.24, 2.45) is 0 Å². The highest BCUT2D eigenvalue weighted by molar-refractivity contribution is 6.30. The second kappa shape index (κ2) is 11.9. The van der Waals surface area contributed by atoms with Gasteiger partial charge in [-0.2, -0.15) is 0 Å². The summed E-state index contributed by atoms with van der Waals surface area (Å²) in [4.78, 5) is 0. The van der Waals surface area contributed by atoms with Crippen molar-refractivity contribution >= 4 is 97.7 Å². The SMILES string of the molecule is c1ccc2c(c1)oc1c2cc(-c2c3ccccc3c(-c3ccc(-c4ccc5c6ccccc6c6ccccc6c5c4)cc3)c3ccccc23)c2oc3ccccc3c21. The van der Waals surface area contributed by atoms with Gasteiger partial charge in [-0.25, -0.2) is 0 Å². The summed E-state index contributed by atoms with van der Waals surface area (Å²) in [6.07, 6.45) is 0. The molecule has 0 aliphatic rings. The highest BCUT2D eigenvalue weighted by atomic mass is 16.3. The molecular weight excluding hydrogens is 705 g/mol. The molecule has 2 nitrogen and oxygen atoms in total. The molecule has 0 saturated heterocycles. The first-order valence-electron chi connectivity index (χ1n) is 19.9. The largest absolute Gasteiger partial charge is 0.455 e. The quantitative estimate of drug-likeness (QED) is 0.133. The van der Waals surface area contributed by atoms with E-state index in [-0.39, 0.29) is 0 Å². The number of hydrogen-bond acceptors (Lipinski definition) is 2. The van der Waals surface area contributed by atoms with Crippen LogP contribution in [0.25, 0.3) is 131 Å². The molecule has 11 aromatic carbocycles. The van der Waals surface area contributed by atoms with Gasteiger partial charge in [0.2, 0.25) is 0 Å². The van der Waals surface area contributed by atoms with Crippen LogP contribution in [0.15, 0.2) is 203 Å². The van der Waals surface area contributed by atoms with Crippen molar-refractivity contribution in [1.29, 1.82) is 0 Å². The van der Waals surface area contributed by atoms with Gasteiger partial charge >= 0.3 is 0 Å². The van der Waals surface area contributed by atoms with Gasteiger partial charge < -0.3 is 8.83 Å². The van der Waals surface area contributed by atoms with Crippen LogP contribution in [-0.2, 0) is 0 Å². The van der Waals surface area contributed by atoms with Crippen molar-refractivity contribution in [2.45, 2.75) is 0 Å². The molecule has 0 N–H and O–H groups in total. The van der Waals surface area contributed by atoms with Gasteiger partial charge in [0.05, 0.1) is 5.39 Å². The highest BCUT2D eigenvalue weighted by Crippen LogP contribution is 2.50.